The fourth-order valence-electron chi connectivity index (χ4n) is 2.53. The van der Waals surface area contributed by atoms with E-state index in [9.17, 15) is 9.59 Å². The van der Waals surface area contributed by atoms with Crippen molar-refractivity contribution in [1.29, 1.82) is 0 Å². The molecule has 0 aliphatic heterocycles. The van der Waals surface area contributed by atoms with E-state index in [-0.39, 0.29) is 5.91 Å². The van der Waals surface area contributed by atoms with Crippen molar-refractivity contribution in [3.63, 3.8) is 0 Å². The number of carbonyl (C=O) groups excluding carboxylic acids is 2. The molecular formula is C17H23NO3. The van der Waals surface area contributed by atoms with Gasteiger partial charge in [-0.2, -0.15) is 0 Å². The number of ether oxygens (including phenoxy) is 1. The first-order valence-electron chi connectivity index (χ1n) is 7.72. The smallest absolute Gasteiger partial charge is 0.338 e. The lowest BCUT2D eigenvalue weighted by atomic mass is 9.90. The van der Waals surface area contributed by atoms with Crippen LogP contribution in [0.5, 0.6) is 0 Å². The average molecular weight is 289 g/mol. The summed E-state index contributed by atoms with van der Waals surface area (Å²) in [5, 5.41) is 2.72. The van der Waals surface area contributed by atoms with E-state index < -0.39 is 12.1 Å². The maximum Gasteiger partial charge on any atom is 0.338 e. The molecule has 0 bridgehead atoms. The lowest BCUT2D eigenvalue weighted by Crippen LogP contribution is -2.36. The number of fused-ring (bicyclic) bond motifs is 1. The van der Waals surface area contributed by atoms with Gasteiger partial charge in [0.25, 0.3) is 5.91 Å². The van der Waals surface area contributed by atoms with Crippen LogP contribution in [0, 0.1) is 0 Å². The average Bonchev–Trinajstić information content (AvgIpc) is 2.51. The van der Waals surface area contributed by atoms with Crippen LogP contribution in [0.3, 0.4) is 0 Å². The highest BCUT2D eigenvalue weighted by atomic mass is 16.5. The normalized spacial score (nSPS) is 15.0. The molecule has 114 valence electrons. The Morgan fingerprint density at radius 1 is 1.24 bits per heavy atom. The van der Waals surface area contributed by atoms with E-state index in [0.29, 0.717) is 12.1 Å². The Kier molecular flexibility index (Phi) is 5.37. The number of aryl methyl sites for hydroxylation is 2. The molecule has 1 aliphatic rings. The minimum Gasteiger partial charge on any atom is -0.449 e. The van der Waals surface area contributed by atoms with Gasteiger partial charge in [-0.25, -0.2) is 4.79 Å². The van der Waals surface area contributed by atoms with E-state index in [4.69, 9.17) is 4.74 Å². The first-order chi connectivity index (χ1) is 10.1. The van der Waals surface area contributed by atoms with Crippen LogP contribution in [0.1, 0.15) is 54.6 Å². The molecule has 0 saturated carbocycles. The van der Waals surface area contributed by atoms with Crippen molar-refractivity contribution in [2.75, 3.05) is 6.54 Å². The molecule has 0 aromatic heterocycles. The van der Waals surface area contributed by atoms with E-state index in [1.807, 2.05) is 19.1 Å². The van der Waals surface area contributed by atoms with Crippen molar-refractivity contribution in [3.05, 3.63) is 34.9 Å². The summed E-state index contributed by atoms with van der Waals surface area (Å²) >= 11 is 0. The molecule has 2 rings (SSSR count). The quantitative estimate of drug-likeness (QED) is 0.848. The Morgan fingerprint density at radius 2 is 1.95 bits per heavy atom. The van der Waals surface area contributed by atoms with Crippen LogP contribution in [0.15, 0.2) is 18.2 Å². The van der Waals surface area contributed by atoms with Crippen molar-refractivity contribution in [2.45, 2.75) is 52.1 Å². The summed E-state index contributed by atoms with van der Waals surface area (Å²) in [6.45, 7) is 4.17. The van der Waals surface area contributed by atoms with Crippen molar-refractivity contribution >= 4 is 11.9 Å². The van der Waals surface area contributed by atoms with Crippen molar-refractivity contribution < 1.29 is 14.3 Å². The van der Waals surface area contributed by atoms with Gasteiger partial charge in [0.1, 0.15) is 0 Å². The molecule has 0 radical (unpaired) electrons. The zero-order valence-corrected chi connectivity index (χ0v) is 12.8. The second kappa shape index (κ2) is 7.25. The van der Waals surface area contributed by atoms with Gasteiger partial charge in [0.15, 0.2) is 6.10 Å². The summed E-state index contributed by atoms with van der Waals surface area (Å²) < 4.78 is 5.24. The molecule has 21 heavy (non-hydrogen) atoms. The fraction of sp³-hybridized carbons (Fsp3) is 0.529. The minimum absolute atomic E-state index is 0.247. The Bertz CT molecular complexity index is 525. The zero-order valence-electron chi connectivity index (χ0n) is 12.8. The number of rotatable bonds is 5. The van der Waals surface area contributed by atoms with E-state index in [1.54, 1.807) is 13.0 Å². The molecule has 0 heterocycles. The van der Waals surface area contributed by atoms with E-state index in [2.05, 4.69) is 5.32 Å². The number of carbonyl (C=O) groups is 2. The molecule has 4 heteroatoms. The fourth-order valence-corrected chi connectivity index (χ4v) is 2.53. The van der Waals surface area contributed by atoms with Crippen LogP contribution in [0.2, 0.25) is 0 Å². The van der Waals surface area contributed by atoms with E-state index >= 15 is 0 Å². The lowest BCUT2D eigenvalue weighted by molar-refractivity contribution is -0.129. The first-order valence-corrected chi connectivity index (χ1v) is 7.72. The molecule has 0 saturated heterocycles. The molecule has 0 spiro atoms. The summed E-state index contributed by atoms with van der Waals surface area (Å²) in [7, 11) is 0. The van der Waals surface area contributed by atoms with Gasteiger partial charge in [-0.05, 0) is 62.3 Å². The van der Waals surface area contributed by atoms with Crippen LogP contribution in [0.25, 0.3) is 0 Å². The summed E-state index contributed by atoms with van der Waals surface area (Å²) in [4.78, 5) is 23.8. The number of hydrogen-bond donors (Lipinski definition) is 1. The van der Waals surface area contributed by atoms with Gasteiger partial charge in [0.2, 0.25) is 0 Å². The topological polar surface area (TPSA) is 55.4 Å². The molecule has 4 nitrogen and oxygen atoms in total. The molecule has 1 atom stereocenters. The highest BCUT2D eigenvalue weighted by molar-refractivity contribution is 5.92. The highest BCUT2D eigenvalue weighted by Crippen LogP contribution is 2.22. The van der Waals surface area contributed by atoms with Gasteiger partial charge < -0.3 is 10.1 Å². The number of nitrogens with one attached hydrogen (secondary N) is 1. The Hall–Kier alpha value is -1.84. The highest BCUT2D eigenvalue weighted by Gasteiger charge is 2.19. The van der Waals surface area contributed by atoms with Crippen LogP contribution in [-0.4, -0.2) is 24.5 Å². The largest absolute Gasteiger partial charge is 0.449 e. The predicted molar refractivity (Wildman–Crippen MR) is 81.3 cm³/mol. The van der Waals surface area contributed by atoms with Gasteiger partial charge in [-0.1, -0.05) is 13.0 Å². The van der Waals surface area contributed by atoms with E-state index in [0.717, 1.165) is 19.3 Å². The van der Waals surface area contributed by atoms with Crippen molar-refractivity contribution in [2.24, 2.45) is 0 Å². The van der Waals surface area contributed by atoms with Gasteiger partial charge in [0.05, 0.1) is 5.56 Å². The number of benzene rings is 1. The van der Waals surface area contributed by atoms with Gasteiger partial charge in [-0.3, -0.25) is 4.79 Å². The summed E-state index contributed by atoms with van der Waals surface area (Å²) in [6.07, 6.45) is 4.58. The monoisotopic (exact) mass is 289 g/mol. The molecule has 1 aromatic rings. The summed E-state index contributed by atoms with van der Waals surface area (Å²) in [5.74, 6) is -0.675. The number of hydrogen-bond acceptors (Lipinski definition) is 3. The van der Waals surface area contributed by atoms with Crippen molar-refractivity contribution in [1.82, 2.24) is 5.32 Å². The second-order valence-electron chi connectivity index (χ2n) is 5.53. The minimum atomic E-state index is -0.764. The van der Waals surface area contributed by atoms with Crippen LogP contribution >= 0.6 is 0 Å². The standard InChI is InChI=1S/C17H23NO3/c1-3-10-18-16(19)12(2)21-17(20)15-9-8-13-6-4-5-7-14(13)11-15/h8-9,11-12H,3-7,10H2,1-2H3,(H,18,19)/t12-/m0/s1. The molecule has 1 aliphatic carbocycles. The maximum atomic E-state index is 12.1. The second-order valence-corrected chi connectivity index (χ2v) is 5.53. The Balaban J connectivity index is 1.98. The lowest BCUT2D eigenvalue weighted by Gasteiger charge is -2.17. The summed E-state index contributed by atoms with van der Waals surface area (Å²) in [6, 6.07) is 5.71. The molecule has 1 aromatic carbocycles. The first kappa shape index (κ1) is 15.5. The Labute approximate surface area is 125 Å². The van der Waals surface area contributed by atoms with Crippen LogP contribution in [-0.2, 0) is 22.4 Å². The van der Waals surface area contributed by atoms with Gasteiger partial charge in [0, 0.05) is 6.54 Å². The molecular weight excluding hydrogens is 266 g/mol. The zero-order chi connectivity index (χ0) is 15.2. The van der Waals surface area contributed by atoms with Crippen LogP contribution in [0.4, 0.5) is 0 Å². The van der Waals surface area contributed by atoms with Gasteiger partial charge in [-0.15, -0.1) is 0 Å². The number of amides is 1. The summed E-state index contributed by atoms with van der Waals surface area (Å²) in [5.41, 5.74) is 3.09. The number of esters is 1. The predicted octanol–water partition coefficient (Wildman–Crippen LogP) is 2.64. The van der Waals surface area contributed by atoms with E-state index in [1.165, 1.54) is 24.0 Å². The molecule has 1 N–H and O–H groups in total. The molecule has 0 unspecified atom stereocenters. The third-order valence-electron chi connectivity index (χ3n) is 3.79. The van der Waals surface area contributed by atoms with Crippen molar-refractivity contribution in [3.8, 4) is 0 Å². The molecule has 0 fully saturated rings. The molecule has 1 amide bonds. The SMILES string of the molecule is CCCNC(=O)[C@H](C)OC(=O)c1ccc2c(c1)CCCC2. The van der Waals surface area contributed by atoms with Gasteiger partial charge >= 0.3 is 5.97 Å². The maximum absolute atomic E-state index is 12.1. The third kappa shape index (κ3) is 4.06. The Morgan fingerprint density at radius 3 is 2.67 bits per heavy atom. The third-order valence-corrected chi connectivity index (χ3v) is 3.79. The van der Waals surface area contributed by atoms with Crippen LogP contribution < -0.4 is 5.32 Å².